The lowest BCUT2D eigenvalue weighted by Gasteiger charge is -2.28. The largest absolute Gasteiger partial charge is 0.324 e. The Morgan fingerprint density at radius 1 is 1.12 bits per heavy atom. The SMILES string of the molecule is CCN(CC)S(=O)(=O)NCC(N)(CC)CC. The first-order valence-electron chi connectivity index (χ1n) is 5.88. The van der Waals surface area contributed by atoms with Gasteiger partial charge in [0.15, 0.2) is 0 Å². The minimum Gasteiger partial charge on any atom is -0.324 e. The number of hydrogen-bond acceptors (Lipinski definition) is 3. The summed E-state index contributed by atoms with van der Waals surface area (Å²) in [5.74, 6) is 0. The molecule has 98 valence electrons. The van der Waals surface area contributed by atoms with Crippen molar-refractivity contribution in [2.45, 2.75) is 46.1 Å². The Balaban J connectivity index is 4.50. The van der Waals surface area contributed by atoms with Crippen molar-refractivity contribution < 1.29 is 8.42 Å². The van der Waals surface area contributed by atoms with Crippen LogP contribution in [0.1, 0.15) is 40.5 Å². The van der Waals surface area contributed by atoms with Crippen LogP contribution in [0.15, 0.2) is 0 Å². The smallest absolute Gasteiger partial charge is 0.279 e. The molecule has 0 aliphatic rings. The van der Waals surface area contributed by atoms with Gasteiger partial charge in [-0.15, -0.1) is 0 Å². The summed E-state index contributed by atoms with van der Waals surface area (Å²) in [4.78, 5) is 0. The third kappa shape index (κ3) is 4.37. The van der Waals surface area contributed by atoms with Gasteiger partial charge in [0.1, 0.15) is 0 Å². The normalized spacial score (nSPS) is 13.4. The Morgan fingerprint density at radius 2 is 1.56 bits per heavy atom. The van der Waals surface area contributed by atoms with Crippen LogP contribution in [0.2, 0.25) is 0 Å². The minimum absolute atomic E-state index is 0.291. The van der Waals surface area contributed by atoms with Gasteiger partial charge in [-0.2, -0.15) is 12.7 Å². The maximum atomic E-state index is 11.8. The standard InChI is InChI=1S/C10H25N3O2S/c1-5-10(11,6-2)9-12-16(14,15)13(7-3)8-4/h12H,5-9,11H2,1-4H3. The molecule has 0 rings (SSSR count). The summed E-state index contributed by atoms with van der Waals surface area (Å²) in [5.41, 5.74) is 5.60. The molecule has 0 saturated carbocycles. The monoisotopic (exact) mass is 251 g/mol. The van der Waals surface area contributed by atoms with E-state index >= 15 is 0 Å². The van der Waals surface area contributed by atoms with Crippen molar-refractivity contribution in [2.75, 3.05) is 19.6 Å². The fourth-order valence-electron chi connectivity index (χ4n) is 1.39. The molecule has 3 N–H and O–H groups in total. The molecule has 0 aliphatic heterocycles. The maximum Gasteiger partial charge on any atom is 0.279 e. The van der Waals surface area contributed by atoms with Crippen molar-refractivity contribution in [3.05, 3.63) is 0 Å². The molecule has 0 aromatic heterocycles. The lowest BCUT2D eigenvalue weighted by Crippen LogP contribution is -2.52. The van der Waals surface area contributed by atoms with Gasteiger partial charge < -0.3 is 5.73 Å². The predicted molar refractivity (Wildman–Crippen MR) is 67.3 cm³/mol. The molecule has 0 aliphatic carbocycles. The van der Waals surface area contributed by atoms with Crippen molar-refractivity contribution in [1.29, 1.82) is 0 Å². The molecule has 0 fully saturated rings. The average molecular weight is 251 g/mol. The number of nitrogens with zero attached hydrogens (tertiary/aromatic N) is 1. The van der Waals surface area contributed by atoms with E-state index in [9.17, 15) is 8.42 Å². The molecule has 0 amide bonds. The Morgan fingerprint density at radius 3 is 1.88 bits per heavy atom. The summed E-state index contributed by atoms with van der Waals surface area (Å²) < 4.78 is 27.6. The van der Waals surface area contributed by atoms with Crippen LogP contribution in [0.3, 0.4) is 0 Å². The highest BCUT2D eigenvalue weighted by Gasteiger charge is 2.25. The van der Waals surface area contributed by atoms with Crippen molar-refractivity contribution in [1.82, 2.24) is 9.03 Å². The third-order valence-electron chi connectivity index (χ3n) is 3.06. The summed E-state index contributed by atoms with van der Waals surface area (Å²) in [6.07, 6.45) is 1.51. The molecular formula is C10H25N3O2S. The second-order valence-electron chi connectivity index (χ2n) is 3.98. The fraction of sp³-hybridized carbons (Fsp3) is 1.00. The predicted octanol–water partition coefficient (Wildman–Crippen LogP) is 0.680. The summed E-state index contributed by atoms with van der Waals surface area (Å²) in [5, 5.41) is 0. The van der Waals surface area contributed by atoms with E-state index in [4.69, 9.17) is 5.73 Å². The highest BCUT2D eigenvalue weighted by atomic mass is 32.2. The van der Waals surface area contributed by atoms with Gasteiger partial charge in [0, 0.05) is 25.2 Å². The van der Waals surface area contributed by atoms with E-state index in [-0.39, 0.29) is 0 Å². The zero-order valence-corrected chi connectivity index (χ0v) is 11.6. The number of nitrogens with two attached hydrogens (primary N) is 1. The quantitative estimate of drug-likeness (QED) is 0.666. The summed E-state index contributed by atoms with van der Waals surface area (Å²) >= 11 is 0. The first-order chi connectivity index (χ1) is 7.35. The van der Waals surface area contributed by atoms with Gasteiger partial charge in [0.2, 0.25) is 0 Å². The highest BCUT2D eigenvalue weighted by molar-refractivity contribution is 7.87. The Kier molecular flexibility index (Phi) is 6.47. The Labute approximate surface area is 99.6 Å². The Hall–Kier alpha value is -0.170. The molecular weight excluding hydrogens is 226 g/mol. The molecule has 0 aromatic rings. The zero-order chi connectivity index (χ0) is 12.8. The fourth-order valence-corrected chi connectivity index (χ4v) is 2.72. The molecule has 0 saturated heterocycles. The molecule has 0 spiro atoms. The van der Waals surface area contributed by atoms with E-state index < -0.39 is 15.7 Å². The van der Waals surface area contributed by atoms with Crippen LogP contribution in [-0.4, -0.2) is 37.9 Å². The molecule has 0 unspecified atom stereocenters. The second-order valence-corrected chi connectivity index (χ2v) is 5.74. The van der Waals surface area contributed by atoms with E-state index in [1.54, 1.807) is 0 Å². The van der Waals surface area contributed by atoms with Crippen LogP contribution >= 0.6 is 0 Å². The first-order valence-corrected chi connectivity index (χ1v) is 7.32. The van der Waals surface area contributed by atoms with Crippen LogP contribution in [0.25, 0.3) is 0 Å². The van der Waals surface area contributed by atoms with Crippen LogP contribution in [0.4, 0.5) is 0 Å². The van der Waals surface area contributed by atoms with Gasteiger partial charge in [0.25, 0.3) is 10.2 Å². The zero-order valence-electron chi connectivity index (χ0n) is 10.8. The van der Waals surface area contributed by atoms with Gasteiger partial charge in [-0.25, -0.2) is 4.72 Å². The molecule has 0 atom stereocenters. The van der Waals surface area contributed by atoms with Crippen molar-refractivity contribution in [2.24, 2.45) is 5.73 Å². The summed E-state index contributed by atoms with van der Waals surface area (Å²) in [6.45, 7) is 8.81. The molecule has 0 radical (unpaired) electrons. The van der Waals surface area contributed by atoms with Crippen molar-refractivity contribution in [3.63, 3.8) is 0 Å². The summed E-state index contributed by atoms with van der Waals surface area (Å²) in [7, 11) is -3.37. The van der Waals surface area contributed by atoms with Gasteiger partial charge in [-0.3, -0.25) is 0 Å². The topological polar surface area (TPSA) is 75.4 Å². The lowest BCUT2D eigenvalue weighted by molar-refractivity contribution is 0.377. The average Bonchev–Trinajstić information content (AvgIpc) is 2.27. The highest BCUT2D eigenvalue weighted by Crippen LogP contribution is 2.10. The van der Waals surface area contributed by atoms with E-state index in [2.05, 4.69) is 4.72 Å². The summed E-state index contributed by atoms with van der Waals surface area (Å²) in [6, 6.07) is 0. The van der Waals surface area contributed by atoms with E-state index in [0.29, 0.717) is 19.6 Å². The van der Waals surface area contributed by atoms with Crippen molar-refractivity contribution >= 4 is 10.2 Å². The molecule has 5 nitrogen and oxygen atoms in total. The van der Waals surface area contributed by atoms with Crippen LogP contribution in [-0.2, 0) is 10.2 Å². The van der Waals surface area contributed by atoms with Crippen LogP contribution < -0.4 is 10.5 Å². The van der Waals surface area contributed by atoms with Crippen molar-refractivity contribution in [3.8, 4) is 0 Å². The minimum atomic E-state index is -3.37. The number of rotatable bonds is 8. The molecule has 6 heteroatoms. The van der Waals surface area contributed by atoms with E-state index in [0.717, 1.165) is 12.8 Å². The van der Waals surface area contributed by atoms with E-state index in [1.807, 2.05) is 27.7 Å². The van der Waals surface area contributed by atoms with Gasteiger partial charge in [-0.05, 0) is 12.8 Å². The second kappa shape index (κ2) is 6.54. The van der Waals surface area contributed by atoms with Gasteiger partial charge >= 0.3 is 0 Å². The molecule has 0 heterocycles. The first kappa shape index (κ1) is 15.8. The number of hydrogen-bond donors (Lipinski definition) is 2. The number of nitrogens with one attached hydrogen (secondary N) is 1. The van der Waals surface area contributed by atoms with Gasteiger partial charge in [0.05, 0.1) is 0 Å². The van der Waals surface area contributed by atoms with Crippen LogP contribution in [0, 0.1) is 0 Å². The molecule has 0 bridgehead atoms. The van der Waals surface area contributed by atoms with E-state index in [1.165, 1.54) is 4.31 Å². The van der Waals surface area contributed by atoms with Gasteiger partial charge in [-0.1, -0.05) is 27.7 Å². The molecule has 0 aromatic carbocycles. The maximum absolute atomic E-state index is 11.8. The van der Waals surface area contributed by atoms with Crippen LogP contribution in [0.5, 0.6) is 0 Å². The molecule has 16 heavy (non-hydrogen) atoms. The lowest BCUT2D eigenvalue weighted by atomic mass is 9.95. The third-order valence-corrected chi connectivity index (χ3v) is 4.77. The Bertz CT molecular complexity index is 282.